The molecule has 2 N–H and O–H groups in total. The van der Waals surface area contributed by atoms with E-state index in [4.69, 9.17) is 5.26 Å². The Morgan fingerprint density at radius 3 is 2.92 bits per heavy atom. The number of hydrogen-bond donors (Lipinski definition) is 2. The molecule has 1 saturated carbocycles. The van der Waals surface area contributed by atoms with Gasteiger partial charge in [0.05, 0.1) is 17.6 Å². The van der Waals surface area contributed by atoms with Gasteiger partial charge in [0.2, 0.25) is 5.95 Å². The van der Waals surface area contributed by atoms with Crippen molar-refractivity contribution >= 4 is 17.5 Å². The van der Waals surface area contributed by atoms with Crippen LogP contribution in [0.1, 0.15) is 30.1 Å². The maximum atomic E-state index is 14.2. The lowest BCUT2D eigenvalue weighted by Crippen LogP contribution is -2.06. The second-order valence-electron chi connectivity index (χ2n) is 5.83. The molecule has 4 rings (SSSR count). The van der Waals surface area contributed by atoms with Gasteiger partial charge in [0.1, 0.15) is 23.3 Å². The van der Waals surface area contributed by atoms with E-state index < -0.39 is 5.82 Å². The zero-order valence-corrected chi connectivity index (χ0v) is 13.8. The first-order valence-electron chi connectivity index (χ1n) is 7.99. The number of nitrogens with one attached hydrogen (secondary N) is 2. The van der Waals surface area contributed by atoms with Crippen LogP contribution in [0.3, 0.4) is 0 Å². The summed E-state index contributed by atoms with van der Waals surface area (Å²) >= 11 is 0. The van der Waals surface area contributed by atoms with Gasteiger partial charge in [-0.2, -0.15) is 14.9 Å². The summed E-state index contributed by atoms with van der Waals surface area (Å²) in [7, 11) is 1.64. The fourth-order valence-electron chi connectivity index (χ4n) is 2.55. The van der Waals surface area contributed by atoms with E-state index in [0.717, 1.165) is 18.7 Å². The largest absolute Gasteiger partial charge is 0.372 e. The van der Waals surface area contributed by atoms with Crippen LogP contribution in [0.25, 0.3) is 5.69 Å². The number of benzene rings is 1. The number of halogens is 1. The standard InChI is InChI=1S/C16H14FN9/c1-19-14-10(7-18)8-20-16(22-14)21-13-6-11(4-5-12(13)17)26-15(9-2-3-9)23-24-25-26/h4-6,8-9H,2-3H2,1H3,(H2,19,20,21,22). The monoisotopic (exact) mass is 351 g/mol. The minimum absolute atomic E-state index is 0.170. The van der Waals surface area contributed by atoms with E-state index in [-0.39, 0.29) is 11.6 Å². The summed E-state index contributed by atoms with van der Waals surface area (Å²) in [5.74, 6) is 1.19. The van der Waals surface area contributed by atoms with Crippen molar-refractivity contribution in [2.75, 3.05) is 17.7 Å². The van der Waals surface area contributed by atoms with Crippen LogP contribution in [0.4, 0.5) is 21.8 Å². The summed E-state index contributed by atoms with van der Waals surface area (Å²) in [6.07, 6.45) is 3.48. The van der Waals surface area contributed by atoms with Crippen LogP contribution in [0.5, 0.6) is 0 Å². The Balaban J connectivity index is 1.67. The molecule has 0 atom stereocenters. The Bertz CT molecular complexity index is 1000. The molecule has 26 heavy (non-hydrogen) atoms. The van der Waals surface area contributed by atoms with Crippen molar-refractivity contribution in [1.29, 1.82) is 5.26 Å². The number of rotatable bonds is 5. The first-order chi connectivity index (χ1) is 12.7. The van der Waals surface area contributed by atoms with Crippen LogP contribution in [0.2, 0.25) is 0 Å². The third-order valence-corrected chi connectivity index (χ3v) is 4.02. The molecule has 0 spiro atoms. The molecule has 130 valence electrons. The Labute approximate surface area is 147 Å². The van der Waals surface area contributed by atoms with Gasteiger partial charge < -0.3 is 10.6 Å². The molecule has 3 aromatic rings. The Morgan fingerprint density at radius 1 is 1.35 bits per heavy atom. The third kappa shape index (κ3) is 2.90. The number of nitriles is 1. The molecule has 9 nitrogen and oxygen atoms in total. The molecule has 0 saturated heterocycles. The van der Waals surface area contributed by atoms with Crippen LogP contribution in [-0.4, -0.2) is 37.2 Å². The van der Waals surface area contributed by atoms with Crippen molar-refractivity contribution in [3.05, 3.63) is 41.6 Å². The molecule has 1 aromatic carbocycles. The van der Waals surface area contributed by atoms with Gasteiger partial charge >= 0.3 is 0 Å². The summed E-state index contributed by atoms with van der Waals surface area (Å²) in [5.41, 5.74) is 1.13. The fourth-order valence-corrected chi connectivity index (χ4v) is 2.55. The average molecular weight is 351 g/mol. The van der Waals surface area contributed by atoms with Crippen LogP contribution in [0, 0.1) is 17.1 Å². The lowest BCUT2D eigenvalue weighted by atomic mass is 10.2. The van der Waals surface area contributed by atoms with Gasteiger partial charge in [-0.15, -0.1) is 5.10 Å². The highest BCUT2D eigenvalue weighted by Gasteiger charge is 2.30. The van der Waals surface area contributed by atoms with E-state index in [0.29, 0.717) is 23.0 Å². The molecular weight excluding hydrogens is 337 g/mol. The number of nitrogens with zero attached hydrogens (tertiary/aromatic N) is 7. The molecule has 2 heterocycles. The number of hydrogen-bond acceptors (Lipinski definition) is 8. The van der Waals surface area contributed by atoms with E-state index in [2.05, 4.69) is 36.1 Å². The Hall–Kier alpha value is -3.61. The van der Waals surface area contributed by atoms with Crippen molar-refractivity contribution in [3.63, 3.8) is 0 Å². The van der Waals surface area contributed by atoms with Gasteiger partial charge in [-0.05, 0) is 41.5 Å². The molecule has 1 aliphatic carbocycles. The quantitative estimate of drug-likeness (QED) is 0.718. The van der Waals surface area contributed by atoms with E-state index >= 15 is 0 Å². The van der Waals surface area contributed by atoms with Crippen LogP contribution in [0.15, 0.2) is 24.4 Å². The molecule has 0 radical (unpaired) electrons. The van der Waals surface area contributed by atoms with Crippen molar-refractivity contribution < 1.29 is 4.39 Å². The minimum Gasteiger partial charge on any atom is -0.372 e. The molecule has 0 aliphatic heterocycles. The SMILES string of the molecule is CNc1nc(Nc2cc(-n3nnnc3C3CC3)ccc2F)ncc1C#N. The average Bonchev–Trinajstić information content (AvgIpc) is 3.40. The van der Waals surface area contributed by atoms with Crippen LogP contribution < -0.4 is 10.6 Å². The first-order valence-corrected chi connectivity index (χ1v) is 7.99. The van der Waals surface area contributed by atoms with Gasteiger partial charge in [0.15, 0.2) is 5.82 Å². The summed E-state index contributed by atoms with van der Waals surface area (Å²) in [6, 6.07) is 6.52. The van der Waals surface area contributed by atoms with Crippen LogP contribution in [-0.2, 0) is 0 Å². The van der Waals surface area contributed by atoms with Crippen molar-refractivity contribution in [3.8, 4) is 11.8 Å². The zero-order chi connectivity index (χ0) is 18.1. The first kappa shape index (κ1) is 15.9. The lowest BCUT2D eigenvalue weighted by molar-refractivity contribution is 0.630. The number of aromatic nitrogens is 6. The van der Waals surface area contributed by atoms with E-state index in [1.807, 2.05) is 6.07 Å². The third-order valence-electron chi connectivity index (χ3n) is 4.02. The van der Waals surface area contributed by atoms with Gasteiger partial charge in [0.25, 0.3) is 0 Å². The van der Waals surface area contributed by atoms with Gasteiger partial charge in [0, 0.05) is 13.0 Å². The smallest absolute Gasteiger partial charge is 0.229 e. The Kier molecular flexibility index (Phi) is 3.89. The van der Waals surface area contributed by atoms with Gasteiger partial charge in [-0.25, -0.2) is 9.37 Å². The molecule has 10 heteroatoms. The maximum absolute atomic E-state index is 14.2. The molecule has 0 bridgehead atoms. The molecule has 1 aliphatic rings. The highest BCUT2D eigenvalue weighted by Crippen LogP contribution is 2.39. The summed E-state index contributed by atoms with van der Waals surface area (Å²) in [6.45, 7) is 0. The normalized spacial score (nSPS) is 13.3. The van der Waals surface area contributed by atoms with E-state index in [1.165, 1.54) is 12.3 Å². The highest BCUT2D eigenvalue weighted by molar-refractivity contribution is 5.61. The van der Waals surface area contributed by atoms with Crippen molar-refractivity contribution in [2.24, 2.45) is 0 Å². The molecule has 1 fully saturated rings. The Morgan fingerprint density at radius 2 is 2.19 bits per heavy atom. The molecule has 0 unspecified atom stereocenters. The van der Waals surface area contributed by atoms with E-state index in [1.54, 1.807) is 23.9 Å². The number of tetrazole rings is 1. The second-order valence-corrected chi connectivity index (χ2v) is 5.83. The zero-order valence-electron chi connectivity index (χ0n) is 13.8. The summed E-state index contributed by atoms with van der Waals surface area (Å²) in [4.78, 5) is 8.22. The summed E-state index contributed by atoms with van der Waals surface area (Å²) < 4.78 is 15.9. The second kappa shape index (κ2) is 6.36. The molecule has 0 amide bonds. The topological polar surface area (TPSA) is 117 Å². The predicted molar refractivity (Wildman–Crippen MR) is 90.7 cm³/mol. The molecular formula is C16H14FN9. The van der Waals surface area contributed by atoms with Crippen LogP contribution >= 0.6 is 0 Å². The van der Waals surface area contributed by atoms with Gasteiger partial charge in [-0.3, -0.25) is 0 Å². The van der Waals surface area contributed by atoms with Crippen molar-refractivity contribution in [2.45, 2.75) is 18.8 Å². The predicted octanol–water partition coefficient (Wildman–Crippen LogP) is 2.13. The number of anilines is 3. The summed E-state index contributed by atoms with van der Waals surface area (Å²) in [5, 5.41) is 26.4. The fraction of sp³-hybridized carbons (Fsp3) is 0.250. The lowest BCUT2D eigenvalue weighted by Gasteiger charge is -2.10. The van der Waals surface area contributed by atoms with Gasteiger partial charge in [-0.1, -0.05) is 0 Å². The van der Waals surface area contributed by atoms with E-state index in [9.17, 15) is 4.39 Å². The molecule has 2 aromatic heterocycles. The highest BCUT2D eigenvalue weighted by atomic mass is 19.1. The maximum Gasteiger partial charge on any atom is 0.229 e. The minimum atomic E-state index is -0.464. The van der Waals surface area contributed by atoms with Crippen molar-refractivity contribution in [1.82, 2.24) is 30.2 Å².